The van der Waals surface area contributed by atoms with Gasteiger partial charge in [0.15, 0.2) is 11.5 Å². The zero-order valence-electron chi connectivity index (χ0n) is 16.1. The van der Waals surface area contributed by atoms with Crippen molar-refractivity contribution in [3.63, 3.8) is 0 Å². The number of alkyl halides is 3. The largest absolute Gasteiger partial charge is 0.435 e. The maximum Gasteiger partial charge on any atom is 0.435 e. The molecule has 30 heavy (non-hydrogen) atoms. The zero-order valence-corrected chi connectivity index (χ0v) is 16.1. The molecule has 0 radical (unpaired) electrons. The normalized spacial score (nSPS) is 15.5. The Morgan fingerprint density at radius 2 is 1.80 bits per heavy atom. The van der Waals surface area contributed by atoms with Crippen LogP contribution in [0.25, 0.3) is 5.69 Å². The first-order valence-corrected chi connectivity index (χ1v) is 9.34. The molecule has 0 aliphatic carbocycles. The summed E-state index contributed by atoms with van der Waals surface area (Å²) in [5.74, 6) is 1.02. The standard InChI is InChI=1S/C19H19F3N6O2/c1-13-23-17(30-25-13)12-26-8-10-27(11-9-26)18(29)14-2-4-15(5-3-14)28-7-6-16(24-28)19(20,21)22/h2-7H,8-12H2,1H3. The molecule has 3 aromatic rings. The molecule has 0 saturated carbocycles. The SMILES string of the molecule is Cc1noc(CN2CCN(C(=O)c3ccc(-n4ccc(C(F)(F)F)n4)cc3)CC2)n1. The third kappa shape index (κ3) is 4.35. The van der Waals surface area contributed by atoms with E-state index in [2.05, 4.69) is 20.1 Å². The number of hydrogen-bond acceptors (Lipinski definition) is 6. The summed E-state index contributed by atoms with van der Waals surface area (Å²) in [5.41, 5.74) is -0.0409. The number of aryl methyl sites for hydroxylation is 1. The third-order valence-electron chi connectivity index (χ3n) is 4.85. The van der Waals surface area contributed by atoms with Gasteiger partial charge in [-0.05, 0) is 37.3 Å². The van der Waals surface area contributed by atoms with Crippen molar-refractivity contribution in [3.05, 3.63) is 59.5 Å². The predicted molar refractivity (Wildman–Crippen MR) is 98.8 cm³/mol. The monoisotopic (exact) mass is 420 g/mol. The molecule has 158 valence electrons. The molecule has 0 bridgehead atoms. The highest BCUT2D eigenvalue weighted by atomic mass is 19.4. The molecule has 1 aliphatic rings. The topological polar surface area (TPSA) is 80.3 Å². The minimum Gasteiger partial charge on any atom is -0.338 e. The van der Waals surface area contributed by atoms with Gasteiger partial charge >= 0.3 is 6.18 Å². The van der Waals surface area contributed by atoms with Gasteiger partial charge in [-0.2, -0.15) is 23.3 Å². The van der Waals surface area contributed by atoms with Crippen LogP contribution >= 0.6 is 0 Å². The third-order valence-corrected chi connectivity index (χ3v) is 4.85. The molecule has 1 aliphatic heterocycles. The first kappa shape index (κ1) is 20.1. The van der Waals surface area contributed by atoms with E-state index in [1.165, 1.54) is 6.20 Å². The molecule has 0 atom stereocenters. The van der Waals surface area contributed by atoms with E-state index in [4.69, 9.17) is 4.52 Å². The van der Waals surface area contributed by atoms with Gasteiger partial charge in [-0.1, -0.05) is 5.16 Å². The Hall–Kier alpha value is -3.21. The maximum absolute atomic E-state index is 12.7. The van der Waals surface area contributed by atoms with Crippen LogP contribution in [0.2, 0.25) is 0 Å². The van der Waals surface area contributed by atoms with E-state index >= 15 is 0 Å². The van der Waals surface area contributed by atoms with Crippen LogP contribution in [0.15, 0.2) is 41.1 Å². The van der Waals surface area contributed by atoms with E-state index < -0.39 is 11.9 Å². The van der Waals surface area contributed by atoms with Crippen molar-refractivity contribution in [2.45, 2.75) is 19.6 Å². The minimum absolute atomic E-state index is 0.119. The molecule has 0 spiro atoms. The number of nitrogens with zero attached hydrogens (tertiary/aromatic N) is 6. The second-order valence-electron chi connectivity index (χ2n) is 6.99. The summed E-state index contributed by atoms with van der Waals surface area (Å²) >= 11 is 0. The molecule has 3 heterocycles. The van der Waals surface area contributed by atoms with Gasteiger partial charge in [-0.25, -0.2) is 4.68 Å². The zero-order chi connectivity index (χ0) is 21.3. The van der Waals surface area contributed by atoms with E-state index in [9.17, 15) is 18.0 Å². The molecular weight excluding hydrogens is 401 g/mol. The number of benzene rings is 1. The van der Waals surface area contributed by atoms with E-state index in [1.807, 2.05) is 0 Å². The highest BCUT2D eigenvalue weighted by Crippen LogP contribution is 2.28. The van der Waals surface area contributed by atoms with Crippen LogP contribution in [0.1, 0.15) is 27.8 Å². The van der Waals surface area contributed by atoms with Gasteiger partial charge in [0, 0.05) is 37.9 Å². The van der Waals surface area contributed by atoms with E-state index in [1.54, 1.807) is 36.1 Å². The Morgan fingerprint density at radius 3 is 2.37 bits per heavy atom. The van der Waals surface area contributed by atoms with Crippen LogP contribution in [-0.4, -0.2) is 61.8 Å². The number of rotatable bonds is 4. The van der Waals surface area contributed by atoms with Crippen LogP contribution < -0.4 is 0 Å². The Labute approximate surface area is 169 Å². The fourth-order valence-corrected chi connectivity index (χ4v) is 3.26. The fourth-order valence-electron chi connectivity index (χ4n) is 3.26. The van der Waals surface area contributed by atoms with Crippen LogP contribution in [0, 0.1) is 6.92 Å². The van der Waals surface area contributed by atoms with Crippen molar-refractivity contribution in [2.75, 3.05) is 26.2 Å². The second kappa shape index (κ2) is 7.90. The lowest BCUT2D eigenvalue weighted by Crippen LogP contribution is -2.48. The van der Waals surface area contributed by atoms with Gasteiger partial charge in [0.1, 0.15) is 0 Å². The predicted octanol–water partition coefficient (Wildman–Crippen LogP) is 2.54. The van der Waals surface area contributed by atoms with E-state index in [0.29, 0.717) is 55.7 Å². The van der Waals surface area contributed by atoms with Gasteiger partial charge in [0.05, 0.1) is 12.2 Å². The summed E-state index contributed by atoms with van der Waals surface area (Å²) in [5, 5.41) is 7.30. The van der Waals surface area contributed by atoms with Gasteiger partial charge in [-0.15, -0.1) is 0 Å². The molecule has 8 nitrogen and oxygen atoms in total. The number of halogens is 3. The Kier molecular flexibility index (Phi) is 5.29. The Morgan fingerprint density at radius 1 is 1.10 bits per heavy atom. The summed E-state index contributed by atoms with van der Waals surface area (Å²) in [6.45, 7) is 4.78. The van der Waals surface area contributed by atoms with Gasteiger partial charge < -0.3 is 9.42 Å². The van der Waals surface area contributed by atoms with E-state index in [0.717, 1.165) is 10.7 Å². The molecule has 4 rings (SSSR count). The lowest BCUT2D eigenvalue weighted by molar-refractivity contribution is -0.141. The van der Waals surface area contributed by atoms with Crippen LogP contribution in [0.5, 0.6) is 0 Å². The van der Waals surface area contributed by atoms with Crippen LogP contribution in [0.3, 0.4) is 0 Å². The first-order valence-electron chi connectivity index (χ1n) is 9.34. The Bertz CT molecular complexity index is 1020. The average molecular weight is 420 g/mol. The van der Waals surface area contributed by atoms with Crippen molar-refractivity contribution in [2.24, 2.45) is 0 Å². The highest BCUT2D eigenvalue weighted by Gasteiger charge is 2.33. The number of carbonyl (C=O) groups is 1. The van der Waals surface area contributed by atoms with E-state index in [-0.39, 0.29) is 5.91 Å². The lowest BCUT2D eigenvalue weighted by Gasteiger charge is -2.34. The molecule has 1 fully saturated rings. The molecule has 1 saturated heterocycles. The van der Waals surface area contributed by atoms with Crippen molar-refractivity contribution >= 4 is 5.91 Å². The average Bonchev–Trinajstić information content (AvgIpc) is 3.37. The number of aromatic nitrogens is 4. The summed E-state index contributed by atoms with van der Waals surface area (Å²) < 4.78 is 44.4. The molecule has 11 heteroatoms. The molecule has 0 N–H and O–H groups in total. The quantitative estimate of drug-likeness (QED) is 0.645. The van der Waals surface area contributed by atoms with Crippen LogP contribution in [-0.2, 0) is 12.7 Å². The van der Waals surface area contributed by atoms with Crippen molar-refractivity contribution in [3.8, 4) is 5.69 Å². The van der Waals surface area contributed by atoms with Crippen LogP contribution in [0.4, 0.5) is 13.2 Å². The summed E-state index contributed by atoms with van der Waals surface area (Å²) in [6.07, 6.45) is -3.25. The van der Waals surface area contributed by atoms with Crippen molar-refractivity contribution in [1.82, 2.24) is 29.7 Å². The van der Waals surface area contributed by atoms with Gasteiger partial charge in [-0.3, -0.25) is 9.69 Å². The maximum atomic E-state index is 12.7. The molecule has 1 aromatic carbocycles. The number of hydrogen-bond donors (Lipinski definition) is 0. The second-order valence-corrected chi connectivity index (χ2v) is 6.99. The number of piperazine rings is 1. The van der Waals surface area contributed by atoms with Crippen molar-refractivity contribution < 1.29 is 22.5 Å². The lowest BCUT2D eigenvalue weighted by atomic mass is 10.1. The molecule has 1 amide bonds. The minimum atomic E-state index is -4.49. The molecule has 2 aromatic heterocycles. The Balaban J connectivity index is 1.35. The smallest absolute Gasteiger partial charge is 0.338 e. The number of carbonyl (C=O) groups excluding carboxylic acids is 1. The highest BCUT2D eigenvalue weighted by molar-refractivity contribution is 5.94. The summed E-state index contributed by atoms with van der Waals surface area (Å²) in [4.78, 5) is 20.8. The molecular formula is C19H19F3N6O2. The first-order chi connectivity index (χ1) is 14.3. The van der Waals surface area contributed by atoms with Gasteiger partial charge in [0.2, 0.25) is 5.89 Å². The molecule has 0 unspecified atom stereocenters. The summed E-state index contributed by atoms with van der Waals surface area (Å²) in [7, 11) is 0. The fraction of sp³-hybridized carbons (Fsp3) is 0.368. The van der Waals surface area contributed by atoms with Gasteiger partial charge in [0.25, 0.3) is 5.91 Å². The summed E-state index contributed by atoms with van der Waals surface area (Å²) in [6, 6.07) is 7.26. The number of amides is 1. The van der Waals surface area contributed by atoms with Crippen molar-refractivity contribution in [1.29, 1.82) is 0 Å².